The van der Waals surface area contributed by atoms with E-state index in [9.17, 15) is 4.39 Å². The first kappa shape index (κ1) is 46.0. The molecule has 3 heteroatoms. The summed E-state index contributed by atoms with van der Waals surface area (Å²) in [5.41, 5.74) is 9.75. The quantitative estimate of drug-likeness (QED) is 0.0594. The van der Waals surface area contributed by atoms with Crippen molar-refractivity contribution in [3.8, 4) is 0 Å². The third kappa shape index (κ3) is 13.4. The van der Waals surface area contributed by atoms with Crippen molar-refractivity contribution >= 4 is 28.7 Å². The van der Waals surface area contributed by atoms with E-state index in [1.54, 1.807) is 12.1 Å². The van der Waals surface area contributed by atoms with Crippen LogP contribution in [0.1, 0.15) is 168 Å². The summed E-state index contributed by atoms with van der Waals surface area (Å²) in [6.07, 6.45) is 27.2. The molecule has 0 spiro atoms. The minimum Gasteiger partial charge on any atom is -0.372 e. The lowest BCUT2D eigenvalue weighted by molar-refractivity contribution is -0.438. The number of nitrogens with zero attached hydrogens (tertiary/aromatic N) is 2. The second-order valence-electron chi connectivity index (χ2n) is 17.1. The summed E-state index contributed by atoms with van der Waals surface area (Å²) in [7, 11) is 0. The first-order valence-corrected chi connectivity index (χ1v) is 23.1. The van der Waals surface area contributed by atoms with Gasteiger partial charge in [-0.15, -0.1) is 0 Å². The number of unbranched alkanes of at least 4 members (excludes halogenated alkanes) is 3. The number of halogens is 1. The Morgan fingerprint density at radius 2 is 1.49 bits per heavy atom. The predicted molar refractivity (Wildman–Crippen MR) is 250 cm³/mol. The molecule has 1 aliphatic carbocycles. The molecular formula is C54H78FN2+. The smallest absolute Gasteiger partial charge is 0.212 e. The van der Waals surface area contributed by atoms with Gasteiger partial charge in [0.05, 0.1) is 5.41 Å². The summed E-state index contributed by atoms with van der Waals surface area (Å²) in [5, 5.41) is 0. The summed E-state index contributed by atoms with van der Waals surface area (Å²) in [6.45, 7) is 22.7. The Hall–Kier alpha value is -3.72. The molecule has 1 fully saturated rings. The summed E-state index contributed by atoms with van der Waals surface area (Å²) < 4.78 is 17.5. The first-order valence-electron chi connectivity index (χ1n) is 23.1. The van der Waals surface area contributed by atoms with Crippen molar-refractivity contribution in [2.45, 2.75) is 157 Å². The zero-order valence-corrected chi connectivity index (χ0v) is 37.2. The van der Waals surface area contributed by atoms with E-state index in [4.69, 9.17) is 0 Å². The molecule has 5 rings (SSSR count). The molecule has 0 saturated heterocycles. The van der Waals surface area contributed by atoms with Crippen molar-refractivity contribution in [3.05, 3.63) is 120 Å². The zero-order chi connectivity index (χ0) is 41.0. The fraction of sp³-hybridized carbons (Fsp3) is 0.537. The van der Waals surface area contributed by atoms with E-state index in [2.05, 4.69) is 143 Å². The van der Waals surface area contributed by atoms with Crippen molar-refractivity contribution in [2.75, 3.05) is 24.5 Å². The van der Waals surface area contributed by atoms with Crippen LogP contribution in [0.25, 0.3) is 11.6 Å². The number of hydrogen-bond donors (Lipinski definition) is 0. The third-order valence-corrected chi connectivity index (χ3v) is 12.8. The molecule has 0 radical (unpaired) electrons. The Morgan fingerprint density at radius 3 is 2.12 bits per heavy atom. The SMILES string of the molecule is C=C(CCC)CCCCC.CCC=C(CC1(C)C(/C=C/c2ccc(N(CC)CC)cc2)=[N+](CCCCC2CCC(CC)CC2)c2cc(F)ccc21)c1ccccc1. The average molecular weight is 774 g/mol. The van der Waals surface area contributed by atoms with E-state index in [0.717, 1.165) is 56.4 Å². The lowest BCUT2D eigenvalue weighted by Crippen LogP contribution is -2.32. The maximum atomic E-state index is 15.0. The van der Waals surface area contributed by atoms with E-state index in [0.29, 0.717) is 0 Å². The molecule has 1 saturated carbocycles. The molecule has 1 atom stereocenters. The van der Waals surface area contributed by atoms with Crippen LogP contribution in [0.15, 0.2) is 97.1 Å². The van der Waals surface area contributed by atoms with Crippen LogP contribution in [0.4, 0.5) is 15.8 Å². The van der Waals surface area contributed by atoms with Crippen LogP contribution in [0.2, 0.25) is 0 Å². The van der Waals surface area contributed by atoms with Crippen molar-refractivity contribution in [1.82, 2.24) is 0 Å². The minimum atomic E-state index is -0.296. The summed E-state index contributed by atoms with van der Waals surface area (Å²) in [6, 6.07) is 25.2. The van der Waals surface area contributed by atoms with Gasteiger partial charge in [0.25, 0.3) is 0 Å². The lowest BCUT2D eigenvalue weighted by Gasteiger charge is -2.27. The standard InChI is InChI=1S/C44H58FN2.C10H20/c1-6-15-38(37-17-11-10-12-18-37)33-44(5)41-29-26-39(45)32-42(41)47(31-14-13-16-35-21-19-34(7-2)20-22-35)43(44)30-25-36-23-27-40(28-24-36)46(8-3)9-4;1-4-6-7-9-10(3)8-5-2/h10-12,15,17-18,23-30,32,34-35H,6-9,13-14,16,19-22,31,33H2,1-5H3;3-9H2,1-2H3/q+1;. The molecule has 2 nitrogen and oxygen atoms in total. The molecule has 0 aromatic heterocycles. The number of rotatable bonds is 21. The fourth-order valence-electron chi connectivity index (χ4n) is 9.33. The number of anilines is 1. The van der Waals surface area contributed by atoms with Crippen LogP contribution in [-0.4, -0.2) is 29.9 Å². The van der Waals surface area contributed by atoms with Gasteiger partial charge in [-0.2, -0.15) is 4.58 Å². The van der Waals surface area contributed by atoms with E-state index in [1.165, 1.54) is 123 Å². The summed E-state index contributed by atoms with van der Waals surface area (Å²) in [4.78, 5) is 2.38. The van der Waals surface area contributed by atoms with Gasteiger partial charge in [-0.05, 0) is 118 Å². The predicted octanol–water partition coefficient (Wildman–Crippen LogP) is 15.9. The Kier molecular flexibility index (Phi) is 19.6. The normalized spacial score (nSPS) is 19.4. The monoisotopic (exact) mass is 774 g/mol. The summed E-state index contributed by atoms with van der Waals surface area (Å²) >= 11 is 0. The molecule has 1 heterocycles. The highest BCUT2D eigenvalue weighted by atomic mass is 19.1. The van der Waals surface area contributed by atoms with Crippen LogP contribution < -0.4 is 4.90 Å². The van der Waals surface area contributed by atoms with Crippen molar-refractivity contribution in [2.24, 2.45) is 11.8 Å². The van der Waals surface area contributed by atoms with Gasteiger partial charge >= 0.3 is 0 Å². The zero-order valence-electron chi connectivity index (χ0n) is 37.2. The number of allylic oxidation sites excluding steroid dienone is 4. The van der Waals surface area contributed by atoms with Crippen LogP contribution >= 0.6 is 0 Å². The molecule has 1 unspecified atom stereocenters. The maximum Gasteiger partial charge on any atom is 0.212 e. The van der Waals surface area contributed by atoms with Gasteiger partial charge in [-0.25, -0.2) is 4.39 Å². The summed E-state index contributed by atoms with van der Waals surface area (Å²) in [5.74, 6) is 1.66. The molecule has 0 bridgehead atoms. The van der Waals surface area contributed by atoms with Crippen LogP contribution in [0.5, 0.6) is 0 Å². The molecule has 2 aliphatic rings. The van der Waals surface area contributed by atoms with E-state index < -0.39 is 0 Å². The molecule has 57 heavy (non-hydrogen) atoms. The van der Waals surface area contributed by atoms with Gasteiger partial charge in [0.2, 0.25) is 5.69 Å². The van der Waals surface area contributed by atoms with Crippen LogP contribution in [-0.2, 0) is 5.41 Å². The second-order valence-corrected chi connectivity index (χ2v) is 17.1. The molecule has 0 amide bonds. The van der Waals surface area contributed by atoms with Gasteiger partial charge in [0.15, 0.2) is 5.71 Å². The minimum absolute atomic E-state index is 0.159. The van der Waals surface area contributed by atoms with Crippen molar-refractivity contribution in [1.29, 1.82) is 0 Å². The lowest BCUT2D eigenvalue weighted by atomic mass is 9.73. The Labute approximate surface area is 349 Å². The van der Waals surface area contributed by atoms with Gasteiger partial charge in [0.1, 0.15) is 12.4 Å². The van der Waals surface area contributed by atoms with E-state index >= 15 is 0 Å². The molecular weight excluding hydrogens is 696 g/mol. The average Bonchev–Trinajstić information content (AvgIpc) is 3.45. The highest BCUT2D eigenvalue weighted by Gasteiger charge is 2.48. The van der Waals surface area contributed by atoms with Crippen molar-refractivity contribution in [3.63, 3.8) is 0 Å². The van der Waals surface area contributed by atoms with Gasteiger partial charge < -0.3 is 4.90 Å². The Balaban J connectivity index is 0.000000635. The molecule has 310 valence electrons. The highest BCUT2D eigenvalue weighted by Crippen LogP contribution is 2.46. The van der Waals surface area contributed by atoms with E-state index in [-0.39, 0.29) is 11.2 Å². The highest BCUT2D eigenvalue weighted by molar-refractivity contribution is 6.06. The topological polar surface area (TPSA) is 6.25 Å². The van der Waals surface area contributed by atoms with Gasteiger partial charge in [-0.1, -0.05) is 146 Å². The number of fused-ring (bicyclic) bond motifs is 1. The Bertz CT molecular complexity index is 1720. The molecule has 3 aromatic rings. The third-order valence-electron chi connectivity index (χ3n) is 12.8. The Morgan fingerprint density at radius 1 is 0.789 bits per heavy atom. The van der Waals surface area contributed by atoms with E-state index in [1.807, 2.05) is 0 Å². The number of hydrogen-bond acceptors (Lipinski definition) is 1. The van der Waals surface area contributed by atoms with Crippen LogP contribution in [0, 0.1) is 17.7 Å². The second kappa shape index (κ2) is 24.3. The largest absolute Gasteiger partial charge is 0.372 e. The fourth-order valence-corrected chi connectivity index (χ4v) is 9.33. The van der Waals surface area contributed by atoms with Crippen molar-refractivity contribution < 1.29 is 8.97 Å². The van der Waals surface area contributed by atoms with Crippen LogP contribution in [0.3, 0.4) is 0 Å². The van der Waals surface area contributed by atoms with Gasteiger partial charge in [-0.3, -0.25) is 0 Å². The number of benzene rings is 3. The first-order chi connectivity index (χ1) is 27.7. The molecule has 1 aliphatic heterocycles. The van der Waals surface area contributed by atoms with Gasteiger partial charge in [0, 0.05) is 42.9 Å². The maximum absolute atomic E-state index is 15.0. The molecule has 3 aromatic carbocycles. The molecule has 0 N–H and O–H groups in total.